The first-order valence-corrected chi connectivity index (χ1v) is 10.0. The molecule has 1 aromatic carbocycles. The summed E-state index contributed by atoms with van der Waals surface area (Å²) < 4.78 is 51.6. The van der Waals surface area contributed by atoms with Gasteiger partial charge in [-0.15, -0.1) is 0 Å². The Kier molecular flexibility index (Phi) is 6.82. The molecular formula is C21H26F3N3O2. The molecule has 0 atom stereocenters. The van der Waals surface area contributed by atoms with E-state index in [9.17, 15) is 13.2 Å². The Morgan fingerprint density at radius 3 is 2.34 bits per heavy atom. The first-order chi connectivity index (χ1) is 13.9. The number of anilines is 2. The normalized spacial score (nSPS) is 15.2. The highest BCUT2D eigenvalue weighted by molar-refractivity contribution is 5.58. The van der Waals surface area contributed by atoms with Crippen molar-refractivity contribution in [2.45, 2.75) is 58.2 Å². The van der Waals surface area contributed by atoms with Crippen molar-refractivity contribution in [1.82, 2.24) is 9.97 Å². The Balaban J connectivity index is 1.91. The Morgan fingerprint density at radius 1 is 1.07 bits per heavy atom. The van der Waals surface area contributed by atoms with Gasteiger partial charge < -0.3 is 14.4 Å². The number of nitrogens with zero attached hydrogens (tertiary/aromatic N) is 3. The van der Waals surface area contributed by atoms with Crippen LogP contribution >= 0.6 is 0 Å². The minimum absolute atomic E-state index is 0.176. The number of rotatable bonds is 7. The number of benzene rings is 1. The minimum Gasteiger partial charge on any atom is -0.494 e. The van der Waals surface area contributed by atoms with E-state index in [-0.39, 0.29) is 12.1 Å². The third kappa shape index (κ3) is 5.31. The van der Waals surface area contributed by atoms with Crippen LogP contribution in [0.1, 0.15) is 51.5 Å². The molecule has 0 saturated heterocycles. The van der Waals surface area contributed by atoms with Crippen molar-refractivity contribution >= 4 is 11.6 Å². The fourth-order valence-corrected chi connectivity index (χ4v) is 3.44. The van der Waals surface area contributed by atoms with Crippen LogP contribution in [0.2, 0.25) is 0 Å². The summed E-state index contributed by atoms with van der Waals surface area (Å²) in [4.78, 5) is 9.91. The molecule has 1 heterocycles. The third-order valence-electron chi connectivity index (χ3n) is 4.89. The number of alkyl halides is 3. The second-order valence-electron chi connectivity index (χ2n) is 6.94. The lowest BCUT2D eigenvalue weighted by molar-refractivity contribution is -0.140. The molecule has 0 N–H and O–H groups in total. The summed E-state index contributed by atoms with van der Waals surface area (Å²) in [6.07, 6.45) is 0.487. The lowest BCUT2D eigenvalue weighted by Crippen LogP contribution is -2.24. The Labute approximate surface area is 168 Å². The van der Waals surface area contributed by atoms with Crippen LogP contribution in [-0.2, 0) is 6.18 Å². The molecule has 1 aromatic heterocycles. The van der Waals surface area contributed by atoms with Gasteiger partial charge >= 0.3 is 6.18 Å². The van der Waals surface area contributed by atoms with Crippen molar-refractivity contribution in [3.63, 3.8) is 0 Å². The van der Waals surface area contributed by atoms with Crippen LogP contribution < -0.4 is 14.4 Å². The average Bonchev–Trinajstić information content (AvgIpc) is 2.70. The lowest BCUT2D eigenvalue weighted by Gasteiger charge is -2.26. The van der Waals surface area contributed by atoms with E-state index < -0.39 is 17.6 Å². The lowest BCUT2D eigenvalue weighted by atomic mass is 9.98. The van der Waals surface area contributed by atoms with Crippen LogP contribution in [0.3, 0.4) is 0 Å². The van der Waals surface area contributed by atoms with Crippen LogP contribution in [-0.4, -0.2) is 29.2 Å². The molecule has 0 bridgehead atoms. The number of halogens is 3. The highest BCUT2D eigenvalue weighted by Gasteiger charge is 2.37. The van der Waals surface area contributed by atoms with Gasteiger partial charge in [0.25, 0.3) is 0 Å². The molecule has 2 aromatic rings. The molecule has 0 aliphatic heterocycles. The van der Waals surface area contributed by atoms with Gasteiger partial charge in [0.2, 0.25) is 11.8 Å². The fourth-order valence-electron chi connectivity index (χ4n) is 3.44. The zero-order valence-electron chi connectivity index (χ0n) is 16.7. The summed E-state index contributed by atoms with van der Waals surface area (Å²) in [6.45, 7) is 4.83. The summed E-state index contributed by atoms with van der Waals surface area (Å²) >= 11 is 0. The molecule has 0 radical (unpaired) electrons. The number of hydrogen-bond acceptors (Lipinski definition) is 5. The quantitative estimate of drug-likeness (QED) is 0.582. The van der Waals surface area contributed by atoms with E-state index in [0.717, 1.165) is 49.7 Å². The molecule has 5 nitrogen and oxygen atoms in total. The van der Waals surface area contributed by atoms with Gasteiger partial charge in [0, 0.05) is 18.4 Å². The first-order valence-electron chi connectivity index (χ1n) is 10.0. The van der Waals surface area contributed by atoms with Gasteiger partial charge in [-0.05, 0) is 63.8 Å². The van der Waals surface area contributed by atoms with Gasteiger partial charge in [-0.3, -0.25) is 0 Å². The van der Waals surface area contributed by atoms with Crippen LogP contribution in [0.5, 0.6) is 11.6 Å². The van der Waals surface area contributed by atoms with Crippen molar-refractivity contribution in [3.05, 3.63) is 36.0 Å². The van der Waals surface area contributed by atoms with Crippen molar-refractivity contribution in [1.29, 1.82) is 0 Å². The van der Waals surface area contributed by atoms with E-state index in [1.165, 1.54) is 0 Å². The molecule has 158 valence electrons. The van der Waals surface area contributed by atoms with Gasteiger partial charge in [-0.25, -0.2) is 4.98 Å². The molecule has 0 unspecified atom stereocenters. The zero-order chi connectivity index (χ0) is 20.9. The SMILES string of the molecule is CCOc1ccc(N(CC)c2ncc(C(F)(F)F)c(OC3CCCCC3)n2)cc1. The molecule has 29 heavy (non-hydrogen) atoms. The predicted octanol–water partition coefficient (Wildman–Crippen LogP) is 5.76. The topological polar surface area (TPSA) is 47.5 Å². The summed E-state index contributed by atoms with van der Waals surface area (Å²) in [5.74, 6) is 0.510. The standard InChI is InChI=1S/C21H26F3N3O2/c1-3-27(15-10-12-16(13-11-15)28-4-2)20-25-14-18(21(22,23)24)19(26-20)29-17-8-6-5-7-9-17/h10-14,17H,3-9H2,1-2H3. The maximum absolute atomic E-state index is 13.5. The van der Waals surface area contributed by atoms with Crippen molar-refractivity contribution < 1.29 is 22.6 Å². The second-order valence-corrected chi connectivity index (χ2v) is 6.94. The monoisotopic (exact) mass is 409 g/mol. The maximum atomic E-state index is 13.5. The van der Waals surface area contributed by atoms with E-state index in [4.69, 9.17) is 9.47 Å². The number of hydrogen-bond donors (Lipinski definition) is 0. The second kappa shape index (κ2) is 9.33. The van der Waals surface area contributed by atoms with E-state index in [1.54, 1.807) is 4.90 Å². The van der Waals surface area contributed by atoms with Gasteiger partial charge in [0.1, 0.15) is 17.4 Å². The van der Waals surface area contributed by atoms with Crippen LogP contribution in [0.15, 0.2) is 30.5 Å². The summed E-state index contributed by atoms with van der Waals surface area (Å²) in [5.41, 5.74) is -0.172. The molecule has 1 saturated carbocycles. The molecule has 1 fully saturated rings. The molecule has 1 aliphatic carbocycles. The summed E-state index contributed by atoms with van der Waals surface area (Å²) in [5, 5.41) is 0. The molecule has 8 heteroatoms. The third-order valence-corrected chi connectivity index (χ3v) is 4.89. The highest BCUT2D eigenvalue weighted by Crippen LogP contribution is 2.37. The minimum atomic E-state index is -4.57. The van der Waals surface area contributed by atoms with Crippen LogP contribution in [0.4, 0.5) is 24.8 Å². The van der Waals surface area contributed by atoms with Crippen LogP contribution in [0.25, 0.3) is 0 Å². The van der Waals surface area contributed by atoms with Gasteiger partial charge in [-0.1, -0.05) is 6.42 Å². The van der Waals surface area contributed by atoms with Crippen molar-refractivity contribution in [2.24, 2.45) is 0 Å². The smallest absolute Gasteiger partial charge is 0.423 e. The van der Waals surface area contributed by atoms with Gasteiger partial charge in [0.15, 0.2) is 0 Å². The Hall–Kier alpha value is -2.51. The summed E-state index contributed by atoms with van der Waals surface area (Å²) in [7, 11) is 0. The van der Waals surface area contributed by atoms with E-state index in [2.05, 4.69) is 9.97 Å². The van der Waals surface area contributed by atoms with Crippen molar-refractivity contribution in [2.75, 3.05) is 18.1 Å². The predicted molar refractivity (Wildman–Crippen MR) is 105 cm³/mol. The van der Waals surface area contributed by atoms with Gasteiger partial charge in [-0.2, -0.15) is 18.2 Å². The van der Waals surface area contributed by atoms with Crippen LogP contribution in [0, 0.1) is 0 Å². The molecule has 3 rings (SSSR count). The van der Waals surface area contributed by atoms with Gasteiger partial charge in [0.05, 0.1) is 6.61 Å². The molecule has 0 spiro atoms. The number of ether oxygens (including phenoxy) is 2. The highest BCUT2D eigenvalue weighted by atomic mass is 19.4. The van der Waals surface area contributed by atoms with Crippen molar-refractivity contribution in [3.8, 4) is 11.6 Å². The average molecular weight is 409 g/mol. The largest absolute Gasteiger partial charge is 0.494 e. The number of aromatic nitrogens is 2. The fraction of sp³-hybridized carbons (Fsp3) is 0.524. The van der Waals surface area contributed by atoms with E-state index in [0.29, 0.717) is 13.2 Å². The maximum Gasteiger partial charge on any atom is 0.423 e. The molecular weight excluding hydrogens is 383 g/mol. The zero-order valence-corrected chi connectivity index (χ0v) is 16.7. The first kappa shape index (κ1) is 21.2. The molecule has 1 aliphatic rings. The Bertz CT molecular complexity index is 791. The van der Waals surface area contributed by atoms with E-state index in [1.807, 2.05) is 38.1 Å². The Morgan fingerprint density at radius 2 is 1.76 bits per heavy atom. The van der Waals surface area contributed by atoms with E-state index >= 15 is 0 Å². The summed E-state index contributed by atoms with van der Waals surface area (Å²) in [6, 6.07) is 7.28. The molecule has 0 amide bonds.